The van der Waals surface area contributed by atoms with Gasteiger partial charge in [-0.25, -0.2) is 13.2 Å². The van der Waals surface area contributed by atoms with Crippen molar-refractivity contribution in [2.45, 2.75) is 18.5 Å². The van der Waals surface area contributed by atoms with E-state index in [2.05, 4.69) is 0 Å². The SMILES string of the molecule is COCOC[C@]1(CN2CC3C(F)C3C2)CC1(F)F. The van der Waals surface area contributed by atoms with E-state index >= 15 is 0 Å². The number of alkyl halides is 3. The highest BCUT2D eigenvalue weighted by molar-refractivity contribution is 5.14. The number of nitrogens with zero attached hydrogens (tertiary/aromatic N) is 1. The van der Waals surface area contributed by atoms with Crippen LogP contribution in [0.1, 0.15) is 6.42 Å². The lowest BCUT2D eigenvalue weighted by Crippen LogP contribution is -2.36. The highest BCUT2D eigenvalue weighted by atomic mass is 19.3. The Morgan fingerprint density at radius 1 is 1.28 bits per heavy atom. The molecule has 0 aromatic rings. The quantitative estimate of drug-likeness (QED) is 0.537. The lowest BCUT2D eigenvalue weighted by atomic mass is 10.1. The number of hydrogen-bond donors (Lipinski definition) is 0. The molecule has 1 heterocycles. The van der Waals surface area contributed by atoms with E-state index in [0.717, 1.165) is 0 Å². The van der Waals surface area contributed by atoms with Crippen molar-refractivity contribution in [1.29, 1.82) is 0 Å². The van der Waals surface area contributed by atoms with E-state index in [-0.39, 0.29) is 31.7 Å². The van der Waals surface area contributed by atoms with E-state index in [0.29, 0.717) is 19.6 Å². The van der Waals surface area contributed by atoms with Crippen molar-refractivity contribution in [2.24, 2.45) is 17.3 Å². The molecule has 3 rings (SSSR count). The van der Waals surface area contributed by atoms with Gasteiger partial charge in [0.15, 0.2) is 0 Å². The topological polar surface area (TPSA) is 21.7 Å². The molecule has 3 nitrogen and oxygen atoms in total. The Bertz CT molecular complexity index is 329. The summed E-state index contributed by atoms with van der Waals surface area (Å²) < 4.78 is 49.8. The van der Waals surface area contributed by atoms with Crippen molar-refractivity contribution in [2.75, 3.05) is 40.1 Å². The minimum Gasteiger partial charge on any atom is -0.359 e. The van der Waals surface area contributed by atoms with Gasteiger partial charge >= 0.3 is 0 Å². The summed E-state index contributed by atoms with van der Waals surface area (Å²) in [6, 6.07) is 0. The largest absolute Gasteiger partial charge is 0.359 e. The number of hydrogen-bond acceptors (Lipinski definition) is 3. The molecule has 6 heteroatoms. The fraction of sp³-hybridized carbons (Fsp3) is 1.00. The van der Waals surface area contributed by atoms with E-state index in [1.54, 1.807) is 0 Å². The molecule has 3 atom stereocenters. The van der Waals surface area contributed by atoms with E-state index in [1.165, 1.54) is 7.11 Å². The minimum atomic E-state index is -2.65. The van der Waals surface area contributed by atoms with Crippen molar-refractivity contribution in [3.63, 3.8) is 0 Å². The second-order valence-corrected chi connectivity index (χ2v) is 5.88. The average Bonchev–Trinajstić information content (AvgIpc) is 2.97. The number of halogens is 3. The molecule has 2 unspecified atom stereocenters. The van der Waals surface area contributed by atoms with E-state index < -0.39 is 17.5 Å². The van der Waals surface area contributed by atoms with Gasteiger partial charge < -0.3 is 14.4 Å². The van der Waals surface area contributed by atoms with Gasteiger partial charge in [-0.05, 0) is 0 Å². The number of methoxy groups -OCH3 is 1. The molecule has 18 heavy (non-hydrogen) atoms. The Morgan fingerprint density at radius 3 is 2.39 bits per heavy atom. The van der Waals surface area contributed by atoms with Crippen LogP contribution in [0.2, 0.25) is 0 Å². The summed E-state index contributed by atoms with van der Waals surface area (Å²) in [6.45, 7) is 1.60. The van der Waals surface area contributed by atoms with Gasteiger partial charge in [-0.3, -0.25) is 0 Å². The van der Waals surface area contributed by atoms with Crippen LogP contribution in [0.25, 0.3) is 0 Å². The van der Waals surface area contributed by atoms with Crippen LogP contribution >= 0.6 is 0 Å². The summed E-state index contributed by atoms with van der Waals surface area (Å²) in [6.07, 6.45) is -0.823. The monoisotopic (exact) mass is 265 g/mol. The molecule has 104 valence electrons. The third-order valence-corrected chi connectivity index (χ3v) is 4.48. The van der Waals surface area contributed by atoms with Crippen molar-refractivity contribution in [3.05, 3.63) is 0 Å². The Labute approximate surface area is 104 Å². The Kier molecular flexibility index (Phi) is 2.88. The van der Waals surface area contributed by atoms with E-state index in [4.69, 9.17) is 9.47 Å². The zero-order chi connectivity index (χ0) is 13.0. The standard InChI is InChI=1S/C12H18F3NO2/c1-17-7-18-6-11(4-12(11,14)15)5-16-2-8-9(3-16)10(8)13/h8-10H,2-7H2,1H3/t8?,9?,10?,11-/m1/s1. The second kappa shape index (κ2) is 4.08. The zero-order valence-corrected chi connectivity index (χ0v) is 10.4. The van der Waals surface area contributed by atoms with Crippen molar-refractivity contribution in [3.8, 4) is 0 Å². The predicted octanol–water partition coefficient (Wildman–Crippen LogP) is 1.53. The molecule has 0 aromatic carbocycles. The number of fused-ring (bicyclic) bond motifs is 1. The van der Waals surface area contributed by atoms with Gasteiger partial charge in [-0.1, -0.05) is 0 Å². The predicted molar refractivity (Wildman–Crippen MR) is 58.1 cm³/mol. The summed E-state index contributed by atoms with van der Waals surface area (Å²) in [7, 11) is 1.47. The lowest BCUT2D eigenvalue weighted by molar-refractivity contribution is -0.0724. The second-order valence-electron chi connectivity index (χ2n) is 5.88. The molecule has 1 aliphatic heterocycles. The van der Waals surface area contributed by atoms with Crippen LogP contribution in [0.15, 0.2) is 0 Å². The molecule has 0 spiro atoms. The summed E-state index contributed by atoms with van der Waals surface area (Å²) in [4.78, 5) is 1.96. The first-order valence-corrected chi connectivity index (χ1v) is 6.30. The molecule has 0 amide bonds. The Balaban J connectivity index is 1.52. The van der Waals surface area contributed by atoms with Crippen LogP contribution in [-0.2, 0) is 9.47 Å². The van der Waals surface area contributed by atoms with Gasteiger partial charge in [-0.15, -0.1) is 0 Å². The van der Waals surface area contributed by atoms with Gasteiger partial charge in [0.25, 0.3) is 5.92 Å². The van der Waals surface area contributed by atoms with Crippen LogP contribution in [0.3, 0.4) is 0 Å². The molecule has 3 fully saturated rings. The van der Waals surface area contributed by atoms with Crippen LogP contribution in [0, 0.1) is 17.3 Å². The normalized spacial score (nSPS) is 45.0. The van der Waals surface area contributed by atoms with Crippen LogP contribution in [-0.4, -0.2) is 57.1 Å². The molecule has 0 N–H and O–H groups in total. The summed E-state index contributed by atoms with van der Waals surface area (Å²) >= 11 is 0. The number of ether oxygens (including phenoxy) is 2. The van der Waals surface area contributed by atoms with Crippen molar-refractivity contribution >= 4 is 0 Å². The lowest BCUT2D eigenvalue weighted by Gasteiger charge is -2.25. The minimum absolute atomic E-state index is 0.0126. The Morgan fingerprint density at radius 2 is 1.89 bits per heavy atom. The molecule has 3 aliphatic rings. The fourth-order valence-electron chi connectivity index (χ4n) is 3.17. The summed E-state index contributed by atoms with van der Waals surface area (Å²) in [5.41, 5.74) is -1.08. The maximum Gasteiger partial charge on any atom is 0.258 e. The van der Waals surface area contributed by atoms with Crippen LogP contribution in [0.5, 0.6) is 0 Å². The number of piperidine rings is 1. The fourth-order valence-corrected chi connectivity index (χ4v) is 3.17. The molecule has 2 aliphatic carbocycles. The molecule has 0 bridgehead atoms. The van der Waals surface area contributed by atoms with Gasteiger partial charge in [0.05, 0.1) is 12.0 Å². The zero-order valence-electron chi connectivity index (χ0n) is 10.4. The van der Waals surface area contributed by atoms with Crippen LogP contribution < -0.4 is 0 Å². The molecular weight excluding hydrogens is 247 g/mol. The number of likely N-dealkylation sites (tertiary alicyclic amines) is 1. The smallest absolute Gasteiger partial charge is 0.258 e. The first-order chi connectivity index (χ1) is 8.49. The molecular formula is C12H18F3NO2. The maximum atomic E-state index is 13.5. The first-order valence-electron chi connectivity index (χ1n) is 6.30. The molecule has 0 radical (unpaired) electrons. The van der Waals surface area contributed by atoms with Crippen molar-refractivity contribution < 1.29 is 22.6 Å². The van der Waals surface area contributed by atoms with Crippen LogP contribution in [0.4, 0.5) is 13.2 Å². The van der Waals surface area contributed by atoms with Gasteiger partial charge in [0.1, 0.15) is 13.0 Å². The van der Waals surface area contributed by atoms with Gasteiger partial charge in [-0.2, -0.15) is 0 Å². The number of rotatable bonds is 6. The van der Waals surface area contributed by atoms with E-state index in [9.17, 15) is 13.2 Å². The summed E-state index contributed by atoms with van der Waals surface area (Å²) in [5.74, 6) is -2.47. The molecule has 1 saturated heterocycles. The highest BCUT2D eigenvalue weighted by Gasteiger charge is 2.72. The molecule has 0 aromatic heterocycles. The van der Waals surface area contributed by atoms with Crippen molar-refractivity contribution in [1.82, 2.24) is 4.90 Å². The van der Waals surface area contributed by atoms with E-state index in [1.807, 2.05) is 4.90 Å². The molecule has 2 saturated carbocycles. The maximum absolute atomic E-state index is 13.5. The van der Waals surface area contributed by atoms with Gasteiger partial charge in [0, 0.05) is 45.0 Å². The first kappa shape index (κ1) is 12.7. The van der Waals surface area contributed by atoms with Gasteiger partial charge in [0.2, 0.25) is 0 Å². The third-order valence-electron chi connectivity index (χ3n) is 4.48. The average molecular weight is 265 g/mol. The Hall–Kier alpha value is -0.330. The summed E-state index contributed by atoms with van der Waals surface area (Å²) in [5, 5.41) is 0. The third kappa shape index (κ3) is 1.94. The highest BCUT2D eigenvalue weighted by Crippen LogP contribution is 2.62.